The van der Waals surface area contributed by atoms with Crippen LogP contribution in [0.15, 0.2) is 27.6 Å². The maximum atomic E-state index is 3.46. The number of benzene rings is 1. The van der Waals surface area contributed by atoms with Crippen LogP contribution in [0.4, 0.5) is 0 Å². The van der Waals surface area contributed by atoms with E-state index in [0.29, 0.717) is 0 Å². The second-order valence-corrected chi connectivity index (χ2v) is 4.44. The zero-order valence-corrected chi connectivity index (χ0v) is 9.63. The fraction of sp³-hybridized carbons (Fsp3) is 0.333. The number of aryl methyl sites for hydroxylation is 1. The number of hydrogen-bond donors (Lipinski definition) is 1. The van der Waals surface area contributed by atoms with Crippen molar-refractivity contribution < 1.29 is 0 Å². The first kappa shape index (κ1) is 10.1. The molecule has 0 aliphatic heterocycles. The lowest BCUT2D eigenvalue weighted by molar-refractivity contribution is 1.03. The normalized spacial score (nSPS) is 10.2. The number of halogens is 1. The van der Waals surface area contributed by atoms with E-state index in [1.54, 1.807) is 11.9 Å². The van der Waals surface area contributed by atoms with Gasteiger partial charge in [0.1, 0.15) is 0 Å². The Balaban J connectivity index is 2.72. The van der Waals surface area contributed by atoms with Crippen molar-refractivity contribution in [2.45, 2.75) is 18.7 Å². The molecule has 3 heteroatoms. The Labute approximate surface area is 86.2 Å². The Kier molecular flexibility index (Phi) is 4.12. The highest BCUT2D eigenvalue weighted by atomic mass is 79.9. The van der Waals surface area contributed by atoms with Crippen LogP contribution in [-0.4, -0.2) is 6.54 Å². The van der Waals surface area contributed by atoms with Crippen molar-refractivity contribution in [3.8, 4) is 0 Å². The highest BCUT2D eigenvalue weighted by Gasteiger charge is 1.95. The van der Waals surface area contributed by atoms with Crippen LogP contribution >= 0.6 is 27.9 Å². The van der Waals surface area contributed by atoms with Gasteiger partial charge in [-0.05, 0) is 42.6 Å². The standard InChI is InChI=1S/C9H12BrNS/c1-3-11-12-9-5-7(2)4-8(10)6-9/h4-6,11H,3H2,1-2H3. The van der Waals surface area contributed by atoms with Crippen molar-refractivity contribution in [3.63, 3.8) is 0 Å². The predicted octanol–water partition coefficient (Wildman–Crippen LogP) is 3.37. The highest BCUT2D eigenvalue weighted by Crippen LogP contribution is 2.21. The third-order valence-electron chi connectivity index (χ3n) is 1.35. The Morgan fingerprint density at radius 3 is 2.75 bits per heavy atom. The second-order valence-electron chi connectivity index (χ2n) is 2.56. The lowest BCUT2D eigenvalue weighted by atomic mass is 10.2. The van der Waals surface area contributed by atoms with Gasteiger partial charge in [0, 0.05) is 15.9 Å². The highest BCUT2D eigenvalue weighted by molar-refractivity contribution is 9.10. The Hall–Kier alpha value is 0.01000. The molecule has 0 aromatic heterocycles. The van der Waals surface area contributed by atoms with Crippen molar-refractivity contribution in [2.24, 2.45) is 0 Å². The molecule has 12 heavy (non-hydrogen) atoms. The molecule has 0 spiro atoms. The molecule has 0 amide bonds. The van der Waals surface area contributed by atoms with Crippen molar-refractivity contribution in [1.82, 2.24) is 4.72 Å². The summed E-state index contributed by atoms with van der Waals surface area (Å²) in [4.78, 5) is 1.25. The molecule has 1 N–H and O–H groups in total. The molecule has 0 saturated carbocycles. The van der Waals surface area contributed by atoms with Gasteiger partial charge in [0.25, 0.3) is 0 Å². The minimum absolute atomic E-state index is 0.982. The van der Waals surface area contributed by atoms with Crippen LogP contribution in [0.5, 0.6) is 0 Å². The van der Waals surface area contributed by atoms with Gasteiger partial charge in [0.15, 0.2) is 0 Å². The van der Waals surface area contributed by atoms with E-state index < -0.39 is 0 Å². The lowest BCUT2D eigenvalue weighted by Gasteiger charge is -2.02. The smallest absolute Gasteiger partial charge is 0.0241 e. The van der Waals surface area contributed by atoms with E-state index in [2.05, 4.69) is 52.7 Å². The number of hydrogen-bond acceptors (Lipinski definition) is 2. The summed E-state index contributed by atoms with van der Waals surface area (Å²) in [6.07, 6.45) is 0. The van der Waals surface area contributed by atoms with Crippen molar-refractivity contribution in [3.05, 3.63) is 28.2 Å². The topological polar surface area (TPSA) is 12.0 Å². The molecule has 0 bridgehead atoms. The van der Waals surface area contributed by atoms with Crippen molar-refractivity contribution in [1.29, 1.82) is 0 Å². The van der Waals surface area contributed by atoms with Gasteiger partial charge in [-0.15, -0.1) is 0 Å². The molecule has 0 aliphatic carbocycles. The molecule has 0 fully saturated rings. The summed E-state index contributed by atoms with van der Waals surface area (Å²) in [5.41, 5.74) is 1.28. The first-order valence-corrected chi connectivity index (χ1v) is 5.50. The van der Waals surface area contributed by atoms with Gasteiger partial charge >= 0.3 is 0 Å². The fourth-order valence-electron chi connectivity index (χ4n) is 0.917. The predicted molar refractivity (Wildman–Crippen MR) is 58.4 cm³/mol. The summed E-state index contributed by atoms with van der Waals surface area (Å²) < 4.78 is 4.36. The SMILES string of the molecule is CCNSc1cc(C)cc(Br)c1. The Morgan fingerprint density at radius 2 is 2.17 bits per heavy atom. The van der Waals surface area contributed by atoms with Crippen molar-refractivity contribution in [2.75, 3.05) is 6.54 Å². The van der Waals surface area contributed by atoms with Crippen molar-refractivity contribution >= 4 is 27.9 Å². The molecule has 1 nitrogen and oxygen atoms in total. The zero-order chi connectivity index (χ0) is 8.97. The summed E-state index contributed by atoms with van der Waals surface area (Å²) >= 11 is 5.13. The summed E-state index contributed by atoms with van der Waals surface area (Å²) in [6.45, 7) is 5.18. The Bertz CT molecular complexity index is 242. The summed E-state index contributed by atoms with van der Waals surface area (Å²) in [6, 6.07) is 6.38. The second kappa shape index (κ2) is 4.90. The van der Waals surface area contributed by atoms with Gasteiger partial charge < -0.3 is 0 Å². The molecule has 1 aromatic rings. The quantitative estimate of drug-likeness (QED) is 0.820. The van der Waals surface area contributed by atoms with E-state index in [-0.39, 0.29) is 0 Å². The monoisotopic (exact) mass is 245 g/mol. The number of nitrogens with one attached hydrogen (secondary N) is 1. The third-order valence-corrected chi connectivity index (χ3v) is 2.71. The molecule has 1 rings (SSSR count). The summed E-state index contributed by atoms with van der Waals surface area (Å²) in [5, 5.41) is 0. The zero-order valence-electron chi connectivity index (χ0n) is 7.23. The molecule has 0 radical (unpaired) electrons. The average Bonchev–Trinajstić information content (AvgIpc) is 1.99. The minimum atomic E-state index is 0.982. The molecule has 0 unspecified atom stereocenters. The van der Waals surface area contributed by atoms with E-state index in [0.717, 1.165) is 11.0 Å². The minimum Gasteiger partial charge on any atom is -0.260 e. The molecular formula is C9H12BrNS. The van der Waals surface area contributed by atoms with E-state index in [9.17, 15) is 0 Å². The van der Waals surface area contributed by atoms with Gasteiger partial charge in [-0.25, -0.2) is 0 Å². The van der Waals surface area contributed by atoms with E-state index in [1.807, 2.05) is 0 Å². The van der Waals surface area contributed by atoms with E-state index in [4.69, 9.17) is 0 Å². The van der Waals surface area contributed by atoms with Gasteiger partial charge in [0.2, 0.25) is 0 Å². The van der Waals surface area contributed by atoms with Crippen LogP contribution in [0.25, 0.3) is 0 Å². The van der Waals surface area contributed by atoms with Gasteiger partial charge in [-0.1, -0.05) is 22.9 Å². The van der Waals surface area contributed by atoms with Crippen LogP contribution < -0.4 is 4.72 Å². The molecule has 66 valence electrons. The fourth-order valence-corrected chi connectivity index (χ4v) is 2.42. The first-order chi connectivity index (χ1) is 5.72. The summed E-state index contributed by atoms with van der Waals surface area (Å²) in [7, 11) is 0. The summed E-state index contributed by atoms with van der Waals surface area (Å²) in [5.74, 6) is 0. The van der Waals surface area contributed by atoms with Crippen LogP contribution in [0.1, 0.15) is 12.5 Å². The average molecular weight is 246 g/mol. The third kappa shape index (κ3) is 3.17. The van der Waals surface area contributed by atoms with E-state index >= 15 is 0 Å². The number of rotatable bonds is 3. The Morgan fingerprint density at radius 1 is 1.42 bits per heavy atom. The maximum absolute atomic E-state index is 3.46. The molecular weight excluding hydrogens is 234 g/mol. The van der Waals surface area contributed by atoms with Gasteiger partial charge in [0.05, 0.1) is 0 Å². The van der Waals surface area contributed by atoms with Crippen LogP contribution in [0.2, 0.25) is 0 Å². The molecule has 1 aromatic carbocycles. The molecule has 0 saturated heterocycles. The van der Waals surface area contributed by atoms with Crippen LogP contribution in [0.3, 0.4) is 0 Å². The van der Waals surface area contributed by atoms with Gasteiger partial charge in [-0.3, -0.25) is 4.72 Å². The first-order valence-electron chi connectivity index (χ1n) is 3.89. The maximum Gasteiger partial charge on any atom is 0.0241 e. The van der Waals surface area contributed by atoms with Crippen LogP contribution in [-0.2, 0) is 0 Å². The lowest BCUT2D eigenvalue weighted by Crippen LogP contribution is -1.99. The largest absolute Gasteiger partial charge is 0.260 e. The van der Waals surface area contributed by atoms with Crippen LogP contribution in [0, 0.1) is 6.92 Å². The van der Waals surface area contributed by atoms with E-state index in [1.165, 1.54) is 10.5 Å². The molecule has 0 atom stereocenters. The molecule has 0 heterocycles. The van der Waals surface area contributed by atoms with Gasteiger partial charge in [-0.2, -0.15) is 0 Å². The molecule has 0 aliphatic rings.